The van der Waals surface area contributed by atoms with Crippen LogP contribution in [-0.4, -0.2) is 87.9 Å². The summed E-state index contributed by atoms with van der Waals surface area (Å²) in [5.41, 5.74) is 4.17. The minimum absolute atomic E-state index is 0.0823. The SMILES string of the molecule is CCCN(CC(C(=O)NO)N1CCN(C(=O)C(C)C)CC1)C(=O)c1ccc(OCc2ccnc(C)c2)cc1. The molecule has 38 heavy (non-hydrogen) atoms. The summed E-state index contributed by atoms with van der Waals surface area (Å²) in [5, 5.41) is 9.41. The van der Waals surface area contributed by atoms with Crippen molar-refractivity contribution in [2.75, 3.05) is 39.3 Å². The summed E-state index contributed by atoms with van der Waals surface area (Å²) in [6, 6.07) is 10.1. The maximum Gasteiger partial charge on any atom is 0.262 e. The van der Waals surface area contributed by atoms with Crippen LogP contribution in [0.15, 0.2) is 42.6 Å². The molecule has 3 rings (SSSR count). The number of pyridine rings is 1. The number of carbonyl (C=O) groups excluding carboxylic acids is 3. The predicted molar refractivity (Wildman–Crippen MR) is 143 cm³/mol. The van der Waals surface area contributed by atoms with E-state index < -0.39 is 11.9 Å². The van der Waals surface area contributed by atoms with Gasteiger partial charge in [-0.25, -0.2) is 5.48 Å². The molecule has 0 bridgehead atoms. The molecule has 1 aromatic heterocycles. The molecule has 1 aliphatic heterocycles. The van der Waals surface area contributed by atoms with Gasteiger partial charge in [0.05, 0.1) is 0 Å². The van der Waals surface area contributed by atoms with Crippen molar-refractivity contribution >= 4 is 17.7 Å². The summed E-state index contributed by atoms with van der Waals surface area (Å²) in [6.07, 6.45) is 2.45. The summed E-state index contributed by atoms with van der Waals surface area (Å²) in [4.78, 5) is 48.0. The molecule has 1 atom stereocenters. The Hall–Kier alpha value is -3.50. The first-order valence-corrected chi connectivity index (χ1v) is 13.1. The minimum Gasteiger partial charge on any atom is -0.489 e. The van der Waals surface area contributed by atoms with E-state index in [2.05, 4.69) is 4.98 Å². The molecule has 0 spiro atoms. The number of carbonyl (C=O) groups is 3. The second-order valence-corrected chi connectivity index (χ2v) is 9.88. The van der Waals surface area contributed by atoms with Gasteiger partial charge in [0.1, 0.15) is 18.4 Å². The van der Waals surface area contributed by atoms with Crippen LogP contribution in [0.5, 0.6) is 5.75 Å². The smallest absolute Gasteiger partial charge is 0.262 e. The lowest BCUT2D eigenvalue weighted by atomic mass is 10.1. The van der Waals surface area contributed by atoms with Crippen LogP contribution in [0.4, 0.5) is 0 Å². The van der Waals surface area contributed by atoms with Gasteiger partial charge in [-0.05, 0) is 55.3 Å². The topological polar surface area (TPSA) is 115 Å². The number of nitrogens with zero attached hydrogens (tertiary/aromatic N) is 4. The van der Waals surface area contributed by atoms with Crippen molar-refractivity contribution in [3.05, 3.63) is 59.4 Å². The average molecular weight is 526 g/mol. The van der Waals surface area contributed by atoms with Crippen LogP contribution in [0.3, 0.4) is 0 Å². The van der Waals surface area contributed by atoms with E-state index in [0.717, 1.165) is 11.3 Å². The molecule has 2 aromatic rings. The first-order chi connectivity index (χ1) is 18.2. The highest BCUT2D eigenvalue weighted by Gasteiger charge is 2.33. The van der Waals surface area contributed by atoms with Gasteiger partial charge in [-0.3, -0.25) is 29.5 Å². The number of nitrogens with one attached hydrogen (secondary N) is 1. The Morgan fingerprint density at radius 1 is 1.11 bits per heavy atom. The molecule has 10 heteroatoms. The summed E-state index contributed by atoms with van der Waals surface area (Å²) in [7, 11) is 0. The van der Waals surface area contributed by atoms with E-state index in [-0.39, 0.29) is 24.3 Å². The van der Waals surface area contributed by atoms with Crippen LogP contribution in [0.1, 0.15) is 48.8 Å². The Morgan fingerprint density at radius 3 is 2.37 bits per heavy atom. The number of aryl methyl sites for hydroxylation is 1. The Balaban J connectivity index is 1.66. The Kier molecular flexibility index (Phi) is 10.6. The number of aromatic nitrogens is 1. The van der Waals surface area contributed by atoms with Crippen molar-refractivity contribution in [1.82, 2.24) is 25.2 Å². The summed E-state index contributed by atoms with van der Waals surface area (Å²) in [5.74, 6) is -0.138. The van der Waals surface area contributed by atoms with Gasteiger partial charge < -0.3 is 14.5 Å². The highest BCUT2D eigenvalue weighted by Crippen LogP contribution is 2.18. The third kappa shape index (κ3) is 7.75. The molecule has 10 nitrogen and oxygen atoms in total. The molecule has 2 N–H and O–H groups in total. The molecule has 0 saturated carbocycles. The number of benzene rings is 1. The molecule has 0 aliphatic carbocycles. The third-order valence-corrected chi connectivity index (χ3v) is 6.62. The van der Waals surface area contributed by atoms with Crippen LogP contribution in [0.2, 0.25) is 0 Å². The molecular weight excluding hydrogens is 486 g/mol. The lowest BCUT2D eigenvalue weighted by Crippen LogP contribution is -2.59. The van der Waals surface area contributed by atoms with Gasteiger partial charge >= 0.3 is 0 Å². The van der Waals surface area contributed by atoms with E-state index in [4.69, 9.17) is 4.74 Å². The van der Waals surface area contributed by atoms with Gasteiger partial charge in [0.2, 0.25) is 5.91 Å². The Morgan fingerprint density at radius 2 is 1.79 bits per heavy atom. The normalized spacial score (nSPS) is 14.7. The standard InChI is InChI=1S/C28H39N5O5/c1-5-12-33(18-25(26(34)30-37)31-13-15-32(16-14-31)27(35)20(2)3)28(36)23-6-8-24(9-7-23)38-19-22-10-11-29-21(4)17-22/h6-11,17,20,25,37H,5,12-16,18-19H2,1-4H3,(H,30,34). The van der Waals surface area contributed by atoms with E-state index in [0.29, 0.717) is 57.1 Å². The van der Waals surface area contributed by atoms with Crippen LogP contribution < -0.4 is 10.2 Å². The van der Waals surface area contributed by atoms with Crippen molar-refractivity contribution in [1.29, 1.82) is 0 Å². The van der Waals surface area contributed by atoms with Gasteiger partial charge in [-0.15, -0.1) is 0 Å². The van der Waals surface area contributed by atoms with E-state index in [1.54, 1.807) is 45.7 Å². The second-order valence-electron chi connectivity index (χ2n) is 9.88. The maximum absolute atomic E-state index is 13.4. The highest BCUT2D eigenvalue weighted by atomic mass is 16.5. The monoisotopic (exact) mass is 525 g/mol. The molecule has 1 unspecified atom stereocenters. The lowest BCUT2D eigenvalue weighted by Gasteiger charge is -2.40. The zero-order valence-electron chi connectivity index (χ0n) is 22.7. The van der Waals surface area contributed by atoms with Crippen LogP contribution in [-0.2, 0) is 16.2 Å². The molecular formula is C28H39N5O5. The molecule has 3 amide bonds. The van der Waals surface area contributed by atoms with E-state index in [1.165, 1.54) is 0 Å². The molecule has 1 aliphatic rings. The largest absolute Gasteiger partial charge is 0.489 e. The highest BCUT2D eigenvalue weighted by molar-refractivity contribution is 5.95. The van der Waals surface area contributed by atoms with Gasteiger partial charge in [-0.1, -0.05) is 20.8 Å². The van der Waals surface area contributed by atoms with Crippen molar-refractivity contribution in [2.24, 2.45) is 5.92 Å². The number of piperazine rings is 1. The quantitative estimate of drug-likeness (QED) is 0.342. The number of hydrogen-bond donors (Lipinski definition) is 2. The minimum atomic E-state index is -0.738. The molecule has 1 fully saturated rings. The molecule has 206 valence electrons. The fourth-order valence-electron chi connectivity index (χ4n) is 4.55. The van der Waals surface area contributed by atoms with Crippen molar-refractivity contribution < 1.29 is 24.3 Å². The summed E-state index contributed by atoms with van der Waals surface area (Å²) >= 11 is 0. The first-order valence-electron chi connectivity index (χ1n) is 13.1. The number of rotatable bonds is 11. The average Bonchev–Trinajstić information content (AvgIpc) is 2.93. The van der Waals surface area contributed by atoms with Crippen LogP contribution >= 0.6 is 0 Å². The predicted octanol–water partition coefficient (Wildman–Crippen LogP) is 2.50. The van der Waals surface area contributed by atoms with Crippen molar-refractivity contribution in [3.8, 4) is 5.75 Å². The maximum atomic E-state index is 13.4. The number of amides is 3. The van der Waals surface area contributed by atoms with E-state index >= 15 is 0 Å². The summed E-state index contributed by atoms with van der Waals surface area (Å²) in [6.45, 7) is 10.5. The van der Waals surface area contributed by atoms with E-state index in [9.17, 15) is 19.6 Å². The van der Waals surface area contributed by atoms with Crippen LogP contribution in [0, 0.1) is 12.8 Å². The third-order valence-electron chi connectivity index (χ3n) is 6.62. The Labute approximate surface area is 224 Å². The van der Waals surface area contributed by atoms with Gasteiger partial charge in [0.15, 0.2) is 0 Å². The zero-order valence-corrected chi connectivity index (χ0v) is 22.7. The van der Waals surface area contributed by atoms with Gasteiger partial charge in [-0.2, -0.15) is 0 Å². The lowest BCUT2D eigenvalue weighted by molar-refractivity contribution is -0.139. The summed E-state index contributed by atoms with van der Waals surface area (Å²) < 4.78 is 5.85. The number of ether oxygens (including phenoxy) is 1. The van der Waals surface area contributed by atoms with Crippen molar-refractivity contribution in [2.45, 2.75) is 46.8 Å². The molecule has 1 aromatic carbocycles. The number of hydroxylamine groups is 1. The van der Waals surface area contributed by atoms with Gasteiger partial charge in [0, 0.05) is 62.6 Å². The second kappa shape index (κ2) is 13.9. The van der Waals surface area contributed by atoms with Gasteiger partial charge in [0.25, 0.3) is 11.8 Å². The van der Waals surface area contributed by atoms with Crippen molar-refractivity contribution in [3.63, 3.8) is 0 Å². The number of hydrogen-bond acceptors (Lipinski definition) is 7. The molecule has 2 heterocycles. The Bertz CT molecular complexity index is 1080. The first kappa shape index (κ1) is 29.1. The fourth-order valence-corrected chi connectivity index (χ4v) is 4.55. The van der Waals surface area contributed by atoms with E-state index in [1.807, 2.05) is 44.7 Å². The zero-order chi connectivity index (χ0) is 27.7. The molecule has 0 radical (unpaired) electrons. The molecule has 1 saturated heterocycles. The fraction of sp³-hybridized carbons (Fsp3) is 0.500. The van der Waals surface area contributed by atoms with Crippen LogP contribution in [0.25, 0.3) is 0 Å².